The molecule has 1 fully saturated rings. The van der Waals surface area contributed by atoms with Crippen LogP contribution in [0.2, 0.25) is 0 Å². The summed E-state index contributed by atoms with van der Waals surface area (Å²) in [6.45, 7) is 11.5. The molecule has 2 heteroatoms. The number of likely N-dealkylation sites (N-methyl/N-ethyl adjacent to an activating group) is 1. The van der Waals surface area contributed by atoms with Gasteiger partial charge < -0.3 is 5.32 Å². The Balaban J connectivity index is 2.09. The summed E-state index contributed by atoms with van der Waals surface area (Å²) in [7, 11) is 2.07. The highest BCUT2D eigenvalue weighted by Crippen LogP contribution is 2.26. The van der Waals surface area contributed by atoms with Crippen LogP contribution in [0.1, 0.15) is 43.0 Å². The Labute approximate surface area is 118 Å². The maximum absolute atomic E-state index is 3.49. The zero-order valence-electron chi connectivity index (χ0n) is 13.0. The molecular weight excluding hydrogens is 232 g/mol. The summed E-state index contributed by atoms with van der Waals surface area (Å²) in [4.78, 5) is 2.63. The molecule has 19 heavy (non-hydrogen) atoms. The second-order valence-electron chi connectivity index (χ2n) is 6.33. The molecule has 2 rings (SSSR count). The van der Waals surface area contributed by atoms with Crippen LogP contribution in [0.15, 0.2) is 18.2 Å². The van der Waals surface area contributed by atoms with Gasteiger partial charge in [0.15, 0.2) is 0 Å². The first-order chi connectivity index (χ1) is 9.01. The Morgan fingerprint density at radius 1 is 1.26 bits per heavy atom. The first-order valence-electron chi connectivity index (χ1n) is 7.49. The summed E-state index contributed by atoms with van der Waals surface area (Å²) in [5.74, 6) is 0.840. The fraction of sp³-hybridized carbons (Fsp3) is 0.647. The molecule has 1 aliphatic heterocycles. The summed E-state index contributed by atoms with van der Waals surface area (Å²) in [5, 5.41) is 3.49. The smallest absolute Gasteiger partial charge is 0.0447 e. The lowest BCUT2D eigenvalue weighted by Crippen LogP contribution is -2.36. The van der Waals surface area contributed by atoms with Gasteiger partial charge in [0.2, 0.25) is 0 Å². The van der Waals surface area contributed by atoms with E-state index in [1.165, 1.54) is 29.7 Å². The average Bonchev–Trinajstić information content (AvgIpc) is 2.68. The summed E-state index contributed by atoms with van der Waals surface area (Å²) >= 11 is 0. The highest BCUT2D eigenvalue weighted by atomic mass is 15.2. The van der Waals surface area contributed by atoms with E-state index in [4.69, 9.17) is 0 Å². The maximum atomic E-state index is 3.49. The lowest BCUT2D eigenvalue weighted by molar-refractivity contribution is 0.238. The molecule has 0 aromatic heterocycles. The topological polar surface area (TPSA) is 15.3 Å². The van der Waals surface area contributed by atoms with Crippen LogP contribution in [0.3, 0.4) is 0 Å². The standard InChI is InChI=1S/C17H28N2/c1-12-8-15(4)19(10-12)11-17(18-5)16-7-6-13(2)14(3)9-16/h6-7,9,12,15,17-18H,8,10-11H2,1-5H3. The molecule has 3 atom stereocenters. The maximum Gasteiger partial charge on any atom is 0.0447 e. The average molecular weight is 260 g/mol. The van der Waals surface area contributed by atoms with Gasteiger partial charge in [-0.1, -0.05) is 25.1 Å². The van der Waals surface area contributed by atoms with E-state index in [1.807, 2.05) is 0 Å². The van der Waals surface area contributed by atoms with Gasteiger partial charge in [-0.05, 0) is 56.8 Å². The molecule has 1 aliphatic rings. The molecule has 0 aliphatic carbocycles. The number of rotatable bonds is 4. The van der Waals surface area contributed by atoms with Crippen molar-refractivity contribution >= 4 is 0 Å². The van der Waals surface area contributed by atoms with Gasteiger partial charge in [-0.3, -0.25) is 4.90 Å². The number of benzene rings is 1. The Morgan fingerprint density at radius 2 is 2.00 bits per heavy atom. The van der Waals surface area contributed by atoms with Crippen LogP contribution >= 0.6 is 0 Å². The summed E-state index contributed by atoms with van der Waals surface area (Å²) < 4.78 is 0. The van der Waals surface area contributed by atoms with Crippen LogP contribution in [0.25, 0.3) is 0 Å². The van der Waals surface area contributed by atoms with E-state index in [0.29, 0.717) is 6.04 Å². The van der Waals surface area contributed by atoms with Gasteiger partial charge in [0, 0.05) is 25.2 Å². The van der Waals surface area contributed by atoms with Crippen molar-refractivity contribution in [1.29, 1.82) is 0 Å². The summed E-state index contributed by atoms with van der Waals surface area (Å²) in [6.07, 6.45) is 1.34. The fourth-order valence-electron chi connectivity index (χ4n) is 3.22. The van der Waals surface area contributed by atoms with Gasteiger partial charge in [0.1, 0.15) is 0 Å². The Bertz CT molecular complexity index is 427. The first-order valence-corrected chi connectivity index (χ1v) is 7.49. The van der Waals surface area contributed by atoms with Crippen molar-refractivity contribution in [3.63, 3.8) is 0 Å². The Morgan fingerprint density at radius 3 is 2.53 bits per heavy atom. The van der Waals surface area contributed by atoms with Gasteiger partial charge in [-0.15, -0.1) is 0 Å². The Hall–Kier alpha value is -0.860. The molecule has 106 valence electrons. The minimum Gasteiger partial charge on any atom is -0.312 e. The number of nitrogens with one attached hydrogen (secondary N) is 1. The van der Waals surface area contributed by atoms with E-state index in [-0.39, 0.29) is 0 Å². The zero-order chi connectivity index (χ0) is 14.0. The van der Waals surface area contributed by atoms with E-state index in [1.54, 1.807) is 0 Å². The highest BCUT2D eigenvalue weighted by molar-refractivity contribution is 5.31. The second-order valence-corrected chi connectivity index (χ2v) is 6.33. The van der Waals surface area contributed by atoms with Gasteiger partial charge >= 0.3 is 0 Å². The second kappa shape index (κ2) is 6.06. The molecule has 1 N–H and O–H groups in total. The number of hydrogen-bond acceptors (Lipinski definition) is 2. The van der Waals surface area contributed by atoms with Crippen LogP contribution in [-0.2, 0) is 0 Å². The van der Waals surface area contributed by atoms with Crippen LogP contribution < -0.4 is 5.32 Å². The van der Waals surface area contributed by atoms with E-state index in [9.17, 15) is 0 Å². The largest absolute Gasteiger partial charge is 0.312 e. The lowest BCUT2D eigenvalue weighted by Gasteiger charge is -2.27. The molecular formula is C17H28N2. The van der Waals surface area contributed by atoms with Gasteiger partial charge in [-0.25, -0.2) is 0 Å². The molecule has 1 aromatic rings. The Kier molecular flexibility index (Phi) is 4.64. The molecule has 0 bridgehead atoms. The monoisotopic (exact) mass is 260 g/mol. The minimum absolute atomic E-state index is 0.437. The van der Waals surface area contributed by atoms with Crippen LogP contribution in [0.4, 0.5) is 0 Å². The van der Waals surface area contributed by atoms with E-state index >= 15 is 0 Å². The third-order valence-electron chi connectivity index (χ3n) is 4.61. The predicted molar refractivity (Wildman–Crippen MR) is 82.5 cm³/mol. The first kappa shape index (κ1) is 14.5. The summed E-state index contributed by atoms with van der Waals surface area (Å²) in [6, 6.07) is 8.00. The van der Waals surface area contributed by atoms with Crippen molar-refractivity contribution < 1.29 is 0 Å². The lowest BCUT2D eigenvalue weighted by atomic mass is 10.0. The van der Waals surface area contributed by atoms with Gasteiger partial charge in [0.25, 0.3) is 0 Å². The zero-order valence-corrected chi connectivity index (χ0v) is 13.0. The number of likely N-dealkylation sites (tertiary alicyclic amines) is 1. The number of nitrogens with zero attached hydrogens (tertiary/aromatic N) is 1. The van der Waals surface area contributed by atoms with Crippen LogP contribution in [0.5, 0.6) is 0 Å². The van der Waals surface area contributed by atoms with Crippen molar-refractivity contribution in [2.24, 2.45) is 5.92 Å². The molecule has 1 aromatic carbocycles. The normalized spacial score (nSPS) is 25.7. The van der Waals surface area contributed by atoms with Crippen molar-refractivity contribution in [3.05, 3.63) is 34.9 Å². The molecule has 3 unspecified atom stereocenters. The van der Waals surface area contributed by atoms with Crippen LogP contribution in [-0.4, -0.2) is 31.1 Å². The molecule has 0 saturated carbocycles. The van der Waals surface area contributed by atoms with E-state index < -0.39 is 0 Å². The van der Waals surface area contributed by atoms with E-state index in [2.05, 4.69) is 63.2 Å². The molecule has 0 radical (unpaired) electrons. The third-order valence-corrected chi connectivity index (χ3v) is 4.61. The highest BCUT2D eigenvalue weighted by Gasteiger charge is 2.27. The van der Waals surface area contributed by atoms with E-state index in [0.717, 1.165) is 18.5 Å². The number of aryl methyl sites for hydroxylation is 2. The van der Waals surface area contributed by atoms with Crippen molar-refractivity contribution in [1.82, 2.24) is 10.2 Å². The summed E-state index contributed by atoms with van der Waals surface area (Å²) in [5.41, 5.74) is 4.18. The molecule has 2 nitrogen and oxygen atoms in total. The van der Waals surface area contributed by atoms with Crippen molar-refractivity contribution in [2.45, 2.75) is 46.2 Å². The van der Waals surface area contributed by atoms with Gasteiger partial charge in [-0.2, -0.15) is 0 Å². The molecule has 0 amide bonds. The molecule has 1 saturated heterocycles. The van der Waals surface area contributed by atoms with Crippen molar-refractivity contribution in [2.75, 3.05) is 20.1 Å². The van der Waals surface area contributed by atoms with Gasteiger partial charge in [0.05, 0.1) is 0 Å². The fourth-order valence-corrected chi connectivity index (χ4v) is 3.22. The molecule has 1 heterocycles. The predicted octanol–water partition coefficient (Wildman–Crippen LogP) is 3.29. The minimum atomic E-state index is 0.437. The number of hydrogen-bond donors (Lipinski definition) is 1. The molecule has 0 spiro atoms. The third kappa shape index (κ3) is 3.37. The van der Waals surface area contributed by atoms with Crippen molar-refractivity contribution in [3.8, 4) is 0 Å². The quantitative estimate of drug-likeness (QED) is 0.893. The SMILES string of the molecule is CNC(CN1CC(C)CC1C)c1ccc(C)c(C)c1. The van der Waals surface area contributed by atoms with Crippen LogP contribution in [0, 0.1) is 19.8 Å².